The first-order chi connectivity index (χ1) is 9.15. The summed E-state index contributed by atoms with van der Waals surface area (Å²) in [7, 11) is 0. The van der Waals surface area contributed by atoms with Crippen molar-refractivity contribution in [1.82, 2.24) is 15.8 Å². The van der Waals surface area contributed by atoms with E-state index in [9.17, 15) is 14.7 Å². The van der Waals surface area contributed by atoms with Gasteiger partial charge in [-0.3, -0.25) is 0 Å². The van der Waals surface area contributed by atoms with Gasteiger partial charge >= 0.3 is 12.0 Å². The Hall–Kier alpha value is -2.09. The molecule has 1 aromatic rings. The molecule has 0 saturated carbocycles. The Labute approximate surface area is 116 Å². The van der Waals surface area contributed by atoms with E-state index in [-0.39, 0.29) is 6.04 Å². The number of nitrogens with zero attached hydrogens (tertiary/aromatic N) is 1. The number of nitrogens with one attached hydrogen (secondary N) is 2. The minimum Gasteiger partial charge on any atom is -0.479 e. The van der Waals surface area contributed by atoms with E-state index >= 15 is 0 Å². The van der Waals surface area contributed by atoms with Gasteiger partial charge in [0.05, 0.1) is 18.3 Å². The summed E-state index contributed by atoms with van der Waals surface area (Å²) in [5.74, 6) is -0.801. The van der Waals surface area contributed by atoms with Crippen LogP contribution in [0.25, 0.3) is 0 Å². The van der Waals surface area contributed by atoms with Crippen molar-refractivity contribution in [2.24, 2.45) is 0 Å². The minimum atomic E-state index is -2.01. The molecule has 8 heteroatoms. The average molecular weight is 285 g/mol. The molecule has 2 amide bonds. The Kier molecular flexibility index (Phi) is 4.72. The van der Waals surface area contributed by atoms with Crippen molar-refractivity contribution in [3.63, 3.8) is 0 Å². The summed E-state index contributed by atoms with van der Waals surface area (Å²) in [5, 5.41) is 26.9. The van der Waals surface area contributed by atoms with Gasteiger partial charge in [-0.2, -0.15) is 0 Å². The van der Waals surface area contributed by atoms with Gasteiger partial charge in [-0.15, -0.1) is 0 Å². The average Bonchev–Trinajstić information content (AvgIpc) is 2.66. The Morgan fingerprint density at radius 2 is 2.05 bits per heavy atom. The Bertz CT molecular complexity index is 490. The fourth-order valence-electron chi connectivity index (χ4n) is 1.76. The SMILES string of the molecule is Cc1noc(C)c1C(C)NC(=O)NCC(C)(O)C(=O)O. The molecule has 0 saturated heterocycles. The van der Waals surface area contributed by atoms with Crippen LogP contribution in [0.1, 0.15) is 36.9 Å². The van der Waals surface area contributed by atoms with Crippen molar-refractivity contribution in [3.05, 3.63) is 17.0 Å². The normalized spacial score (nSPS) is 15.2. The molecule has 1 rings (SSSR count). The van der Waals surface area contributed by atoms with E-state index in [2.05, 4.69) is 15.8 Å². The number of carbonyl (C=O) groups is 2. The van der Waals surface area contributed by atoms with Gasteiger partial charge in [-0.1, -0.05) is 5.16 Å². The molecule has 2 atom stereocenters. The number of aliphatic carboxylic acids is 1. The van der Waals surface area contributed by atoms with Gasteiger partial charge in [0.25, 0.3) is 0 Å². The van der Waals surface area contributed by atoms with E-state index in [1.54, 1.807) is 20.8 Å². The van der Waals surface area contributed by atoms with Gasteiger partial charge in [0.2, 0.25) is 0 Å². The summed E-state index contributed by atoms with van der Waals surface area (Å²) in [5.41, 5.74) is -0.568. The highest BCUT2D eigenvalue weighted by molar-refractivity contribution is 5.79. The molecule has 0 aliphatic heterocycles. The highest BCUT2D eigenvalue weighted by Crippen LogP contribution is 2.20. The topological polar surface area (TPSA) is 125 Å². The molecule has 2 unspecified atom stereocenters. The van der Waals surface area contributed by atoms with Gasteiger partial charge in [0, 0.05) is 5.56 Å². The van der Waals surface area contributed by atoms with Crippen molar-refractivity contribution in [3.8, 4) is 0 Å². The van der Waals surface area contributed by atoms with E-state index in [0.29, 0.717) is 11.5 Å². The number of hydrogen-bond donors (Lipinski definition) is 4. The predicted octanol–water partition coefficient (Wildman–Crippen LogP) is 0.487. The molecule has 8 nitrogen and oxygen atoms in total. The van der Waals surface area contributed by atoms with Crippen molar-refractivity contribution in [2.75, 3.05) is 6.54 Å². The molecule has 1 heterocycles. The van der Waals surface area contributed by atoms with Crippen molar-refractivity contribution >= 4 is 12.0 Å². The third-order valence-corrected chi connectivity index (χ3v) is 2.92. The number of amides is 2. The number of carbonyl (C=O) groups excluding carboxylic acids is 1. The minimum absolute atomic E-state index is 0.351. The third-order valence-electron chi connectivity index (χ3n) is 2.92. The maximum Gasteiger partial charge on any atom is 0.337 e. The quantitative estimate of drug-likeness (QED) is 0.624. The first-order valence-corrected chi connectivity index (χ1v) is 6.08. The number of aliphatic hydroxyl groups is 1. The highest BCUT2D eigenvalue weighted by atomic mass is 16.5. The predicted molar refractivity (Wildman–Crippen MR) is 69.2 cm³/mol. The Morgan fingerprint density at radius 3 is 2.50 bits per heavy atom. The van der Waals surface area contributed by atoms with Crippen molar-refractivity contribution in [2.45, 2.75) is 39.3 Å². The summed E-state index contributed by atoms with van der Waals surface area (Å²) in [4.78, 5) is 22.4. The molecule has 0 aromatic carbocycles. The largest absolute Gasteiger partial charge is 0.479 e. The Morgan fingerprint density at radius 1 is 1.45 bits per heavy atom. The number of rotatable bonds is 5. The first kappa shape index (κ1) is 16.0. The molecular formula is C12H19N3O5. The summed E-state index contributed by atoms with van der Waals surface area (Å²) in [6.45, 7) is 5.95. The zero-order valence-corrected chi connectivity index (χ0v) is 11.9. The molecular weight excluding hydrogens is 266 g/mol. The van der Waals surface area contributed by atoms with Crippen LogP contribution in [-0.4, -0.2) is 39.5 Å². The number of aryl methyl sites for hydroxylation is 2. The van der Waals surface area contributed by atoms with Crippen LogP contribution < -0.4 is 10.6 Å². The maximum absolute atomic E-state index is 11.7. The zero-order chi connectivity index (χ0) is 15.5. The van der Waals surface area contributed by atoms with Gasteiger partial charge in [-0.25, -0.2) is 9.59 Å². The fourth-order valence-corrected chi connectivity index (χ4v) is 1.76. The fraction of sp³-hybridized carbons (Fsp3) is 0.583. The van der Waals surface area contributed by atoms with E-state index < -0.39 is 24.1 Å². The standard InChI is InChI=1S/C12H19N3O5/c1-6(9-7(2)15-20-8(9)3)14-11(18)13-5-12(4,19)10(16)17/h6,19H,5H2,1-4H3,(H,16,17)(H2,13,14,18). The molecule has 1 aromatic heterocycles. The monoisotopic (exact) mass is 285 g/mol. The van der Waals surface area contributed by atoms with Crippen LogP contribution in [0.5, 0.6) is 0 Å². The van der Waals surface area contributed by atoms with Gasteiger partial charge in [0.15, 0.2) is 5.60 Å². The van der Waals surface area contributed by atoms with E-state index in [1.165, 1.54) is 0 Å². The highest BCUT2D eigenvalue weighted by Gasteiger charge is 2.30. The second-order valence-corrected chi connectivity index (χ2v) is 4.87. The van der Waals surface area contributed by atoms with Crippen LogP contribution in [0.3, 0.4) is 0 Å². The third kappa shape index (κ3) is 3.70. The molecule has 0 bridgehead atoms. The molecule has 0 spiro atoms. The number of carboxylic acids is 1. The number of carboxylic acid groups (broad SMARTS) is 1. The lowest BCUT2D eigenvalue weighted by Gasteiger charge is -2.20. The number of aromatic nitrogens is 1. The maximum atomic E-state index is 11.7. The molecule has 4 N–H and O–H groups in total. The summed E-state index contributed by atoms with van der Waals surface area (Å²) < 4.78 is 5.00. The summed E-state index contributed by atoms with van der Waals surface area (Å²) in [6, 6.07) is -0.935. The summed E-state index contributed by atoms with van der Waals surface area (Å²) in [6.07, 6.45) is 0. The molecule has 20 heavy (non-hydrogen) atoms. The van der Waals surface area contributed by atoms with E-state index in [1.807, 2.05) is 0 Å². The molecule has 0 radical (unpaired) electrons. The lowest BCUT2D eigenvalue weighted by atomic mass is 10.1. The lowest BCUT2D eigenvalue weighted by Crippen LogP contribution is -2.49. The van der Waals surface area contributed by atoms with Crippen LogP contribution in [0.2, 0.25) is 0 Å². The molecule has 0 aliphatic rings. The van der Waals surface area contributed by atoms with Crippen molar-refractivity contribution < 1.29 is 24.3 Å². The van der Waals surface area contributed by atoms with Gasteiger partial charge in [0.1, 0.15) is 5.76 Å². The van der Waals surface area contributed by atoms with E-state index in [4.69, 9.17) is 9.63 Å². The van der Waals surface area contributed by atoms with Gasteiger partial charge in [-0.05, 0) is 27.7 Å². The van der Waals surface area contributed by atoms with Crippen LogP contribution in [0.15, 0.2) is 4.52 Å². The van der Waals surface area contributed by atoms with Crippen LogP contribution in [0, 0.1) is 13.8 Å². The summed E-state index contributed by atoms with van der Waals surface area (Å²) >= 11 is 0. The van der Waals surface area contributed by atoms with Crippen molar-refractivity contribution in [1.29, 1.82) is 0 Å². The molecule has 0 fully saturated rings. The Balaban J connectivity index is 2.57. The molecule has 112 valence electrons. The zero-order valence-electron chi connectivity index (χ0n) is 11.9. The van der Waals surface area contributed by atoms with Crippen LogP contribution in [0.4, 0.5) is 4.79 Å². The van der Waals surface area contributed by atoms with Gasteiger partial charge < -0.3 is 25.4 Å². The van der Waals surface area contributed by atoms with Crippen LogP contribution in [-0.2, 0) is 4.79 Å². The number of hydrogen-bond acceptors (Lipinski definition) is 5. The second-order valence-electron chi connectivity index (χ2n) is 4.87. The number of urea groups is 1. The van der Waals surface area contributed by atoms with Crippen LogP contribution >= 0.6 is 0 Å². The first-order valence-electron chi connectivity index (χ1n) is 6.08. The smallest absolute Gasteiger partial charge is 0.337 e. The van der Waals surface area contributed by atoms with E-state index in [0.717, 1.165) is 12.5 Å². The molecule has 0 aliphatic carbocycles. The second kappa shape index (κ2) is 5.91. The lowest BCUT2D eigenvalue weighted by molar-refractivity contribution is -0.155.